The molecule has 0 spiro atoms. The number of sulfonamides is 1. The van der Waals surface area contributed by atoms with Gasteiger partial charge in [-0.25, -0.2) is 13.6 Å². The number of hydrogen-bond donors (Lipinski definition) is 2. The van der Waals surface area contributed by atoms with E-state index in [9.17, 15) is 18.0 Å². The van der Waals surface area contributed by atoms with Crippen LogP contribution in [0, 0.1) is 5.92 Å². The summed E-state index contributed by atoms with van der Waals surface area (Å²) in [5, 5.41) is 7.81. The molecule has 1 aliphatic rings. The van der Waals surface area contributed by atoms with Crippen molar-refractivity contribution in [3.63, 3.8) is 0 Å². The summed E-state index contributed by atoms with van der Waals surface area (Å²) in [6, 6.07) is 5.33. The van der Waals surface area contributed by atoms with Gasteiger partial charge in [-0.1, -0.05) is 0 Å². The lowest BCUT2D eigenvalue weighted by Gasteiger charge is -2.34. The van der Waals surface area contributed by atoms with Gasteiger partial charge in [0.1, 0.15) is 0 Å². The minimum absolute atomic E-state index is 0.00964. The van der Waals surface area contributed by atoms with Gasteiger partial charge in [0.05, 0.1) is 23.5 Å². The number of carbonyl (C=O) groups is 2. The molecule has 1 heterocycles. The number of nitrogens with one attached hydrogen (secondary N) is 1. The van der Waals surface area contributed by atoms with Gasteiger partial charge in [0, 0.05) is 5.69 Å². The maximum Gasteiger partial charge on any atom is 0.309 e. The average Bonchev–Trinajstić information content (AvgIpc) is 2.61. The summed E-state index contributed by atoms with van der Waals surface area (Å²) in [6.45, 7) is 5.25. The number of ether oxygens (including phenoxy) is 1. The summed E-state index contributed by atoms with van der Waals surface area (Å²) in [6.07, 6.45) is 1.33. The van der Waals surface area contributed by atoms with E-state index in [-0.39, 0.29) is 28.7 Å². The lowest BCUT2D eigenvalue weighted by atomic mass is 9.96. The van der Waals surface area contributed by atoms with E-state index in [1.807, 2.05) is 4.90 Å². The van der Waals surface area contributed by atoms with E-state index >= 15 is 0 Å². The first-order chi connectivity index (χ1) is 12.2. The van der Waals surface area contributed by atoms with E-state index in [4.69, 9.17) is 9.88 Å². The van der Waals surface area contributed by atoms with Crippen molar-refractivity contribution in [2.24, 2.45) is 11.1 Å². The van der Waals surface area contributed by atoms with E-state index < -0.39 is 10.0 Å². The van der Waals surface area contributed by atoms with Crippen molar-refractivity contribution in [3.05, 3.63) is 24.3 Å². The fraction of sp³-hybridized carbons (Fsp3) is 0.529. The first-order valence-electron chi connectivity index (χ1n) is 8.56. The Kier molecular flexibility index (Phi) is 6.74. The van der Waals surface area contributed by atoms with Crippen LogP contribution in [0.15, 0.2) is 29.2 Å². The van der Waals surface area contributed by atoms with Gasteiger partial charge in [-0.15, -0.1) is 0 Å². The number of benzene rings is 1. The summed E-state index contributed by atoms with van der Waals surface area (Å²) >= 11 is 0. The van der Waals surface area contributed by atoms with Crippen molar-refractivity contribution in [2.45, 2.75) is 37.6 Å². The molecular formula is C17H25N3O5S. The maximum absolute atomic E-state index is 12.4. The van der Waals surface area contributed by atoms with Crippen LogP contribution < -0.4 is 10.5 Å². The van der Waals surface area contributed by atoms with Gasteiger partial charge in [0.2, 0.25) is 15.9 Å². The number of anilines is 1. The highest BCUT2D eigenvalue weighted by molar-refractivity contribution is 7.89. The van der Waals surface area contributed by atoms with Gasteiger partial charge in [-0.3, -0.25) is 14.5 Å². The average molecular weight is 383 g/mol. The fourth-order valence-corrected chi connectivity index (χ4v) is 3.44. The quantitative estimate of drug-likeness (QED) is 0.706. The summed E-state index contributed by atoms with van der Waals surface area (Å²) in [4.78, 5) is 26.2. The van der Waals surface area contributed by atoms with Crippen molar-refractivity contribution in [1.82, 2.24) is 4.90 Å². The molecule has 0 aliphatic carbocycles. The first kappa shape index (κ1) is 20.3. The third kappa shape index (κ3) is 5.26. The summed E-state index contributed by atoms with van der Waals surface area (Å²) in [5.41, 5.74) is 0.496. The standard InChI is InChI=1S/C17H25N3O5S/c1-3-25-17(22)13-8-10-20(11-9-13)12(2)16(21)19-14-4-6-15(7-5-14)26(18,23)24/h4-7,12-13H,3,8-11H2,1-2H3,(H,19,21)(H2,18,23,24). The van der Waals surface area contributed by atoms with Crippen molar-refractivity contribution in [2.75, 3.05) is 25.0 Å². The number of piperidine rings is 1. The number of esters is 1. The van der Waals surface area contributed by atoms with Gasteiger partial charge >= 0.3 is 5.97 Å². The molecule has 9 heteroatoms. The van der Waals surface area contributed by atoms with Crippen LogP contribution in [0.3, 0.4) is 0 Å². The molecule has 0 radical (unpaired) electrons. The molecule has 0 aromatic heterocycles. The summed E-state index contributed by atoms with van der Waals surface area (Å²) in [7, 11) is -3.76. The van der Waals surface area contributed by atoms with E-state index in [1.165, 1.54) is 24.3 Å². The highest BCUT2D eigenvalue weighted by Crippen LogP contribution is 2.21. The van der Waals surface area contributed by atoms with Crippen LogP contribution in [0.2, 0.25) is 0 Å². The van der Waals surface area contributed by atoms with Crippen LogP contribution in [0.4, 0.5) is 5.69 Å². The Morgan fingerprint density at radius 2 is 1.85 bits per heavy atom. The van der Waals surface area contributed by atoms with Gasteiger partial charge in [-0.2, -0.15) is 0 Å². The number of likely N-dealkylation sites (tertiary alicyclic amines) is 1. The molecular weight excluding hydrogens is 358 g/mol. The summed E-state index contributed by atoms with van der Waals surface area (Å²) in [5.74, 6) is -0.464. The number of amides is 1. The van der Waals surface area contributed by atoms with Crippen LogP contribution in [0.25, 0.3) is 0 Å². The molecule has 26 heavy (non-hydrogen) atoms. The van der Waals surface area contributed by atoms with Crippen LogP contribution in [-0.2, 0) is 24.3 Å². The van der Waals surface area contributed by atoms with Crippen molar-refractivity contribution >= 4 is 27.6 Å². The van der Waals surface area contributed by atoms with Crippen molar-refractivity contribution in [1.29, 1.82) is 0 Å². The molecule has 3 N–H and O–H groups in total. The van der Waals surface area contributed by atoms with Crippen molar-refractivity contribution < 1.29 is 22.7 Å². The number of carbonyl (C=O) groups excluding carboxylic acids is 2. The first-order valence-corrected chi connectivity index (χ1v) is 10.1. The molecule has 0 saturated carbocycles. The molecule has 1 amide bonds. The Labute approximate surface area is 153 Å². The molecule has 1 aromatic rings. The van der Waals surface area contributed by atoms with Gasteiger partial charge in [-0.05, 0) is 64.0 Å². The fourth-order valence-electron chi connectivity index (χ4n) is 2.92. The van der Waals surface area contributed by atoms with E-state index in [0.717, 1.165) is 0 Å². The minimum atomic E-state index is -3.76. The Balaban J connectivity index is 1.89. The molecule has 1 aliphatic heterocycles. The Bertz CT molecular complexity index is 740. The molecule has 2 rings (SSSR count). The lowest BCUT2D eigenvalue weighted by Crippen LogP contribution is -2.47. The van der Waals surface area contributed by atoms with Crippen LogP contribution in [-0.4, -0.2) is 50.9 Å². The molecule has 8 nitrogen and oxygen atoms in total. The number of primary sulfonamides is 1. The van der Waals surface area contributed by atoms with Crippen LogP contribution >= 0.6 is 0 Å². The van der Waals surface area contributed by atoms with Crippen LogP contribution in [0.5, 0.6) is 0 Å². The summed E-state index contributed by atoms with van der Waals surface area (Å²) < 4.78 is 27.5. The van der Waals surface area contributed by atoms with Crippen molar-refractivity contribution in [3.8, 4) is 0 Å². The zero-order valence-electron chi connectivity index (χ0n) is 15.0. The highest BCUT2D eigenvalue weighted by atomic mass is 32.2. The molecule has 1 saturated heterocycles. The SMILES string of the molecule is CCOC(=O)C1CCN(C(C)C(=O)Nc2ccc(S(N)(=O)=O)cc2)CC1. The van der Waals surface area contributed by atoms with E-state index in [2.05, 4.69) is 5.32 Å². The monoisotopic (exact) mass is 383 g/mol. The zero-order chi connectivity index (χ0) is 19.3. The number of hydrogen-bond acceptors (Lipinski definition) is 6. The Morgan fingerprint density at radius 1 is 1.27 bits per heavy atom. The highest BCUT2D eigenvalue weighted by Gasteiger charge is 2.30. The normalized spacial score (nSPS) is 17.5. The maximum atomic E-state index is 12.4. The van der Waals surface area contributed by atoms with Gasteiger partial charge < -0.3 is 10.1 Å². The molecule has 1 fully saturated rings. The second kappa shape index (κ2) is 8.61. The second-order valence-corrected chi connectivity index (χ2v) is 7.86. The topological polar surface area (TPSA) is 119 Å². The van der Waals surface area contributed by atoms with Gasteiger partial charge in [0.25, 0.3) is 0 Å². The smallest absolute Gasteiger partial charge is 0.309 e. The van der Waals surface area contributed by atoms with Crippen LogP contribution in [0.1, 0.15) is 26.7 Å². The molecule has 1 unspecified atom stereocenters. The lowest BCUT2D eigenvalue weighted by molar-refractivity contribution is -0.149. The van der Waals surface area contributed by atoms with E-state index in [1.54, 1.807) is 13.8 Å². The Morgan fingerprint density at radius 3 is 2.35 bits per heavy atom. The molecule has 1 atom stereocenters. The second-order valence-electron chi connectivity index (χ2n) is 6.30. The number of nitrogens with two attached hydrogens (primary N) is 1. The third-order valence-corrected chi connectivity index (χ3v) is 5.46. The number of rotatable bonds is 6. The largest absolute Gasteiger partial charge is 0.466 e. The predicted octanol–water partition coefficient (Wildman–Crippen LogP) is 0.936. The molecule has 144 valence electrons. The third-order valence-electron chi connectivity index (χ3n) is 4.53. The zero-order valence-corrected chi connectivity index (χ0v) is 15.8. The Hall–Kier alpha value is -1.97. The molecule has 1 aromatic carbocycles. The minimum Gasteiger partial charge on any atom is -0.466 e. The van der Waals surface area contributed by atoms with E-state index in [0.29, 0.717) is 38.2 Å². The predicted molar refractivity (Wildman–Crippen MR) is 96.8 cm³/mol. The number of nitrogens with zero attached hydrogens (tertiary/aromatic N) is 1. The molecule has 0 bridgehead atoms. The van der Waals surface area contributed by atoms with Gasteiger partial charge in [0.15, 0.2) is 0 Å².